The predicted octanol–water partition coefficient (Wildman–Crippen LogP) is 5.02. The molecule has 0 unspecified atom stereocenters. The lowest BCUT2D eigenvalue weighted by Gasteiger charge is -2.35. The highest BCUT2D eigenvalue weighted by Crippen LogP contribution is 2.39. The van der Waals surface area contributed by atoms with Crippen LogP contribution in [-0.4, -0.2) is 27.3 Å². The summed E-state index contributed by atoms with van der Waals surface area (Å²) in [5, 5.41) is 7.14. The van der Waals surface area contributed by atoms with Crippen molar-refractivity contribution < 1.29 is 19.0 Å². The molecule has 0 aliphatic carbocycles. The maximum Gasteiger partial charge on any atom is 0.337 e. The summed E-state index contributed by atoms with van der Waals surface area (Å²) >= 11 is 0. The minimum atomic E-state index is -0.366. The second kappa shape index (κ2) is 10.2. The van der Waals surface area contributed by atoms with Gasteiger partial charge < -0.3 is 19.5 Å². The average Bonchev–Trinajstić information content (AvgIpc) is 2.88. The van der Waals surface area contributed by atoms with E-state index in [-0.39, 0.29) is 18.1 Å². The number of benzene rings is 3. The molecule has 1 heterocycles. The van der Waals surface area contributed by atoms with Gasteiger partial charge in [0.15, 0.2) is 0 Å². The van der Waals surface area contributed by atoms with Crippen molar-refractivity contribution in [3.8, 4) is 11.5 Å². The molecular weight excluding hydrogens is 416 g/mol. The van der Waals surface area contributed by atoms with E-state index >= 15 is 0 Å². The van der Waals surface area contributed by atoms with Crippen LogP contribution in [0.15, 0.2) is 90.1 Å². The Kier molecular flexibility index (Phi) is 6.95. The highest BCUT2D eigenvalue weighted by atomic mass is 16.5. The van der Waals surface area contributed by atoms with Gasteiger partial charge in [-0.25, -0.2) is 4.79 Å². The number of rotatable bonds is 7. The topological polar surface area (TPSA) is 68.8 Å². The van der Waals surface area contributed by atoms with E-state index in [0.717, 1.165) is 34.0 Å². The van der Waals surface area contributed by atoms with Gasteiger partial charge in [-0.2, -0.15) is 0 Å². The summed E-state index contributed by atoms with van der Waals surface area (Å²) in [6, 6.07) is 25.2. The molecule has 0 saturated heterocycles. The zero-order valence-corrected chi connectivity index (χ0v) is 19.0. The molecule has 4 rings (SSSR count). The van der Waals surface area contributed by atoms with Crippen molar-refractivity contribution in [3.63, 3.8) is 0 Å². The van der Waals surface area contributed by atoms with Crippen LogP contribution in [0.3, 0.4) is 0 Å². The van der Waals surface area contributed by atoms with Crippen LogP contribution in [0.2, 0.25) is 0 Å². The number of anilines is 1. The van der Waals surface area contributed by atoms with Gasteiger partial charge in [0.25, 0.3) is 0 Å². The Hall–Kier alpha value is -3.77. The number of carbonyl (C=O) groups is 1. The van der Waals surface area contributed by atoms with Crippen molar-refractivity contribution in [3.05, 3.63) is 101 Å². The first-order valence-electron chi connectivity index (χ1n) is 10.8. The Morgan fingerprint density at radius 1 is 0.818 bits per heavy atom. The number of hydrogen-bond donors (Lipinski definition) is 2. The Morgan fingerprint density at radius 3 is 1.94 bits per heavy atom. The lowest BCUT2D eigenvalue weighted by Crippen LogP contribution is -2.37. The van der Waals surface area contributed by atoms with Gasteiger partial charge in [-0.05, 0) is 47.5 Å². The molecule has 2 atom stereocenters. The normalized spacial score (nSPS) is 17.9. The molecule has 3 aromatic rings. The lowest BCUT2D eigenvalue weighted by atomic mass is 9.87. The third-order valence-corrected chi connectivity index (χ3v) is 5.83. The largest absolute Gasteiger partial charge is 0.497 e. The van der Waals surface area contributed by atoms with E-state index in [4.69, 9.17) is 14.2 Å². The van der Waals surface area contributed by atoms with Gasteiger partial charge in [0.2, 0.25) is 0 Å². The quantitative estimate of drug-likeness (QED) is 0.499. The molecule has 6 heteroatoms. The number of carbonyl (C=O) groups excluding carboxylic acids is 1. The minimum absolute atomic E-state index is 0.0253. The summed E-state index contributed by atoms with van der Waals surface area (Å²) in [6.07, 6.45) is 0.596. The molecule has 0 bridgehead atoms. The van der Waals surface area contributed by atoms with Gasteiger partial charge in [0.05, 0.1) is 32.9 Å². The summed E-state index contributed by atoms with van der Waals surface area (Å²) < 4.78 is 15.8. The number of esters is 1. The fourth-order valence-corrected chi connectivity index (χ4v) is 4.11. The molecule has 1 aliphatic rings. The van der Waals surface area contributed by atoms with E-state index in [1.54, 1.807) is 14.2 Å². The maximum absolute atomic E-state index is 13.0. The van der Waals surface area contributed by atoms with E-state index in [9.17, 15) is 4.79 Å². The number of ether oxygens (including phenoxy) is 3. The summed E-state index contributed by atoms with van der Waals surface area (Å²) in [6.45, 7) is 0. The molecule has 170 valence electrons. The van der Waals surface area contributed by atoms with Crippen LogP contribution in [0.4, 0.5) is 5.69 Å². The Morgan fingerprint density at radius 2 is 1.39 bits per heavy atom. The number of para-hydroxylation sites is 1. The fraction of sp³-hybridized carbons (Fsp3) is 0.222. The van der Waals surface area contributed by atoms with Crippen molar-refractivity contribution >= 4 is 11.7 Å². The lowest BCUT2D eigenvalue weighted by molar-refractivity contribution is -0.136. The molecule has 0 amide bonds. The second-order valence-corrected chi connectivity index (χ2v) is 7.78. The Bertz CT molecular complexity index is 1110. The summed E-state index contributed by atoms with van der Waals surface area (Å²) in [4.78, 5) is 13.0. The molecule has 0 saturated carbocycles. The van der Waals surface area contributed by atoms with Crippen LogP contribution in [0, 0.1) is 0 Å². The standard InChI is InChI=1S/C27H28N2O4/c1-31-21-13-9-18(10-14-21)23-17-24(28-20-7-5-4-6-8-20)25(27(30)33-3)26(29-23)19-11-15-22(32-2)16-12-19/h4-16,23,26,28-29H,17H2,1-3H3/t23-,26+/m0/s1. The number of nitrogens with one attached hydrogen (secondary N) is 2. The predicted molar refractivity (Wildman–Crippen MR) is 128 cm³/mol. The van der Waals surface area contributed by atoms with Crippen molar-refractivity contribution in [1.82, 2.24) is 5.32 Å². The molecule has 33 heavy (non-hydrogen) atoms. The van der Waals surface area contributed by atoms with Gasteiger partial charge in [-0.3, -0.25) is 5.32 Å². The van der Waals surface area contributed by atoms with Crippen LogP contribution in [0.1, 0.15) is 29.6 Å². The molecule has 0 spiro atoms. The highest BCUT2D eigenvalue weighted by Gasteiger charge is 2.35. The van der Waals surface area contributed by atoms with Gasteiger partial charge in [0, 0.05) is 23.8 Å². The molecular formula is C27H28N2O4. The van der Waals surface area contributed by atoms with Gasteiger partial charge in [0.1, 0.15) is 11.5 Å². The van der Waals surface area contributed by atoms with E-state index in [1.165, 1.54) is 7.11 Å². The second-order valence-electron chi connectivity index (χ2n) is 7.78. The van der Waals surface area contributed by atoms with Crippen LogP contribution in [0.25, 0.3) is 0 Å². The minimum Gasteiger partial charge on any atom is -0.497 e. The van der Waals surface area contributed by atoms with E-state index in [1.807, 2.05) is 78.9 Å². The van der Waals surface area contributed by atoms with Crippen molar-refractivity contribution in [2.75, 3.05) is 26.6 Å². The molecule has 0 aromatic heterocycles. The Labute approximate surface area is 194 Å². The zero-order chi connectivity index (χ0) is 23.2. The molecule has 0 radical (unpaired) electrons. The van der Waals surface area contributed by atoms with E-state index in [2.05, 4.69) is 10.6 Å². The summed E-state index contributed by atoms with van der Waals surface area (Å²) in [5.74, 6) is 1.19. The molecule has 2 N–H and O–H groups in total. The fourth-order valence-electron chi connectivity index (χ4n) is 4.11. The molecule has 1 aliphatic heterocycles. The van der Waals surface area contributed by atoms with E-state index < -0.39 is 0 Å². The van der Waals surface area contributed by atoms with Crippen LogP contribution < -0.4 is 20.1 Å². The van der Waals surface area contributed by atoms with Crippen molar-refractivity contribution in [1.29, 1.82) is 0 Å². The maximum atomic E-state index is 13.0. The molecule has 6 nitrogen and oxygen atoms in total. The average molecular weight is 445 g/mol. The van der Waals surface area contributed by atoms with Gasteiger partial charge >= 0.3 is 5.97 Å². The third kappa shape index (κ3) is 5.02. The first-order valence-corrected chi connectivity index (χ1v) is 10.8. The number of hydrogen-bond acceptors (Lipinski definition) is 6. The summed E-state index contributed by atoms with van der Waals surface area (Å²) in [7, 11) is 4.70. The van der Waals surface area contributed by atoms with Crippen LogP contribution in [-0.2, 0) is 9.53 Å². The monoisotopic (exact) mass is 444 g/mol. The number of methoxy groups -OCH3 is 3. The third-order valence-electron chi connectivity index (χ3n) is 5.83. The van der Waals surface area contributed by atoms with Crippen molar-refractivity contribution in [2.45, 2.75) is 18.5 Å². The van der Waals surface area contributed by atoms with Gasteiger partial charge in [-0.15, -0.1) is 0 Å². The smallest absolute Gasteiger partial charge is 0.337 e. The molecule has 3 aromatic carbocycles. The zero-order valence-electron chi connectivity index (χ0n) is 19.0. The SMILES string of the molecule is COC(=O)C1=C(Nc2ccccc2)C[C@@H](c2ccc(OC)cc2)N[C@@H]1c1ccc(OC)cc1. The van der Waals surface area contributed by atoms with Crippen LogP contribution >= 0.6 is 0 Å². The Balaban J connectivity index is 1.79. The first kappa shape index (κ1) is 22.4. The molecule has 0 fully saturated rings. The van der Waals surface area contributed by atoms with Crippen molar-refractivity contribution in [2.24, 2.45) is 0 Å². The van der Waals surface area contributed by atoms with Gasteiger partial charge in [-0.1, -0.05) is 42.5 Å². The highest BCUT2D eigenvalue weighted by molar-refractivity contribution is 5.92. The summed E-state index contributed by atoms with van der Waals surface area (Å²) in [5.41, 5.74) is 4.36. The van der Waals surface area contributed by atoms with Crippen LogP contribution in [0.5, 0.6) is 11.5 Å². The van der Waals surface area contributed by atoms with E-state index in [0.29, 0.717) is 12.0 Å². The first-order chi connectivity index (χ1) is 16.1.